The van der Waals surface area contributed by atoms with E-state index in [0.29, 0.717) is 0 Å². The summed E-state index contributed by atoms with van der Waals surface area (Å²) >= 11 is 1.51. The Morgan fingerprint density at radius 1 is 1.07 bits per heavy atom. The summed E-state index contributed by atoms with van der Waals surface area (Å²) in [7, 11) is 0. The highest BCUT2D eigenvalue weighted by Gasteiger charge is 2.30. The van der Waals surface area contributed by atoms with Crippen LogP contribution in [0.3, 0.4) is 0 Å². The van der Waals surface area contributed by atoms with Crippen molar-refractivity contribution in [1.82, 2.24) is 10.2 Å². The SMILES string of the molecule is CC(C)N(C(=O)C1CCCCC1)c1nnc(-c2ccc(C(C)(C)C)cc2)s1. The molecule has 0 bridgehead atoms. The number of nitrogens with zero attached hydrogens (tertiary/aromatic N) is 3. The second-order valence-corrected chi connectivity index (χ2v) is 9.81. The Kier molecular flexibility index (Phi) is 5.99. The van der Waals surface area contributed by atoms with Gasteiger partial charge in [-0.2, -0.15) is 0 Å². The Bertz CT molecular complexity index is 768. The van der Waals surface area contributed by atoms with Crippen LogP contribution in [0.25, 0.3) is 10.6 Å². The average Bonchev–Trinajstić information content (AvgIpc) is 3.11. The molecule has 1 fully saturated rings. The average molecular weight is 386 g/mol. The summed E-state index contributed by atoms with van der Waals surface area (Å²) in [6, 6.07) is 8.61. The van der Waals surface area contributed by atoms with Crippen molar-refractivity contribution in [1.29, 1.82) is 0 Å². The fourth-order valence-corrected chi connectivity index (χ4v) is 4.65. The van der Waals surface area contributed by atoms with Gasteiger partial charge in [0.05, 0.1) is 0 Å². The maximum atomic E-state index is 13.1. The van der Waals surface area contributed by atoms with Gasteiger partial charge in [-0.1, -0.05) is 75.6 Å². The lowest BCUT2D eigenvalue weighted by Gasteiger charge is -2.29. The zero-order valence-electron chi connectivity index (χ0n) is 17.2. The first-order chi connectivity index (χ1) is 12.8. The van der Waals surface area contributed by atoms with Crippen LogP contribution in [0.4, 0.5) is 5.13 Å². The number of hydrogen-bond donors (Lipinski definition) is 0. The zero-order valence-corrected chi connectivity index (χ0v) is 18.0. The van der Waals surface area contributed by atoms with Crippen molar-refractivity contribution >= 4 is 22.4 Å². The number of carbonyl (C=O) groups excluding carboxylic acids is 1. The summed E-state index contributed by atoms with van der Waals surface area (Å²) in [6.45, 7) is 10.7. The highest BCUT2D eigenvalue weighted by Crippen LogP contribution is 2.34. The van der Waals surface area contributed by atoms with Gasteiger partial charge in [-0.05, 0) is 37.7 Å². The number of hydrogen-bond acceptors (Lipinski definition) is 4. The van der Waals surface area contributed by atoms with Gasteiger partial charge in [0.15, 0.2) is 0 Å². The molecule has 1 aromatic heterocycles. The van der Waals surface area contributed by atoms with E-state index in [1.165, 1.54) is 23.3 Å². The molecule has 0 unspecified atom stereocenters. The maximum Gasteiger partial charge on any atom is 0.232 e. The number of benzene rings is 1. The highest BCUT2D eigenvalue weighted by atomic mass is 32.1. The maximum absolute atomic E-state index is 13.1. The Labute approximate surface area is 167 Å². The van der Waals surface area contributed by atoms with Gasteiger partial charge in [0, 0.05) is 17.5 Å². The van der Waals surface area contributed by atoms with Crippen molar-refractivity contribution in [3.05, 3.63) is 29.8 Å². The fraction of sp³-hybridized carbons (Fsp3) is 0.591. The van der Waals surface area contributed by atoms with Gasteiger partial charge in [-0.15, -0.1) is 10.2 Å². The molecule has 1 aliphatic carbocycles. The summed E-state index contributed by atoms with van der Waals surface area (Å²) in [5, 5.41) is 10.3. The summed E-state index contributed by atoms with van der Waals surface area (Å²) in [5.41, 5.74) is 2.49. The topological polar surface area (TPSA) is 46.1 Å². The van der Waals surface area contributed by atoms with E-state index in [1.54, 1.807) is 0 Å². The van der Waals surface area contributed by atoms with Gasteiger partial charge in [0.25, 0.3) is 0 Å². The van der Waals surface area contributed by atoms with E-state index in [1.807, 2.05) is 4.90 Å². The molecule has 0 radical (unpaired) electrons. The van der Waals surface area contributed by atoms with Crippen molar-refractivity contribution < 1.29 is 4.79 Å². The molecule has 0 spiro atoms. The Hall–Kier alpha value is -1.75. The summed E-state index contributed by atoms with van der Waals surface area (Å²) in [5.74, 6) is 0.357. The van der Waals surface area contributed by atoms with Crippen molar-refractivity contribution in [2.45, 2.75) is 78.2 Å². The molecule has 0 N–H and O–H groups in total. The smallest absolute Gasteiger partial charge is 0.232 e. The fourth-order valence-electron chi connectivity index (χ4n) is 3.66. The van der Waals surface area contributed by atoms with Crippen LogP contribution < -0.4 is 4.90 Å². The van der Waals surface area contributed by atoms with Gasteiger partial charge in [0.1, 0.15) is 5.01 Å². The minimum absolute atomic E-state index is 0.0866. The molecule has 1 aliphatic rings. The highest BCUT2D eigenvalue weighted by molar-refractivity contribution is 7.18. The summed E-state index contributed by atoms with van der Waals surface area (Å²) in [4.78, 5) is 15.0. The molecule has 3 rings (SSSR count). The third-order valence-electron chi connectivity index (χ3n) is 5.33. The second kappa shape index (κ2) is 8.09. The Morgan fingerprint density at radius 3 is 2.26 bits per heavy atom. The molecule has 0 atom stereocenters. The van der Waals surface area contributed by atoms with Crippen LogP contribution in [-0.2, 0) is 10.2 Å². The number of amides is 1. The number of rotatable bonds is 4. The third kappa shape index (κ3) is 4.57. The van der Waals surface area contributed by atoms with Gasteiger partial charge in [-0.3, -0.25) is 9.69 Å². The first-order valence-electron chi connectivity index (χ1n) is 10.0. The van der Waals surface area contributed by atoms with Crippen molar-refractivity contribution in [2.24, 2.45) is 5.92 Å². The molecular formula is C22H31N3OS. The quantitative estimate of drug-likeness (QED) is 0.666. The predicted molar refractivity (Wildman–Crippen MR) is 113 cm³/mol. The lowest BCUT2D eigenvalue weighted by Crippen LogP contribution is -2.41. The molecule has 1 amide bonds. The minimum atomic E-state index is 0.0866. The molecule has 27 heavy (non-hydrogen) atoms. The monoisotopic (exact) mass is 385 g/mol. The van der Waals surface area contributed by atoms with Gasteiger partial charge >= 0.3 is 0 Å². The molecule has 1 saturated carbocycles. The zero-order chi connectivity index (χ0) is 19.6. The molecule has 146 valence electrons. The van der Waals surface area contributed by atoms with Crippen LogP contribution in [0.15, 0.2) is 24.3 Å². The lowest BCUT2D eigenvalue weighted by molar-refractivity contribution is -0.123. The predicted octanol–water partition coefficient (Wildman–Crippen LogP) is 5.82. The standard InChI is InChI=1S/C22H31N3OS/c1-15(2)25(20(26)17-9-7-6-8-10-17)21-24-23-19(27-21)16-11-13-18(14-12-16)22(3,4)5/h11-15,17H,6-10H2,1-5H3. The van der Waals surface area contributed by atoms with Gasteiger partial charge in [-0.25, -0.2) is 0 Å². The largest absolute Gasteiger partial charge is 0.284 e. The molecule has 1 heterocycles. The minimum Gasteiger partial charge on any atom is -0.284 e. The number of aromatic nitrogens is 2. The Balaban J connectivity index is 1.82. The molecule has 4 nitrogen and oxygen atoms in total. The van der Waals surface area contributed by atoms with E-state index in [0.717, 1.165) is 41.4 Å². The number of anilines is 1. The van der Waals surface area contributed by atoms with Crippen molar-refractivity contribution in [3.63, 3.8) is 0 Å². The normalized spacial score (nSPS) is 15.9. The summed E-state index contributed by atoms with van der Waals surface area (Å²) in [6.07, 6.45) is 5.57. The third-order valence-corrected chi connectivity index (χ3v) is 6.30. The second-order valence-electron chi connectivity index (χ2n) is 8.85. The molecule has 2 aromatic rings. The van der Waals surface area contributed by atoms with E-state index in [9.17, 15) is 4.79 Å². The lowest BCUT2D eigenvalue weighted by atomic mass is 9.87. The first-order valence-corrected chi connectivity index (χ1v) is 10.9. The molecule has 1 aromatic carbocycles. The van der Waals surface area contributed by atoms with Crippen molar-refractivity contribution in [2.75, 3.05) is 4.90 Å². The van der Waals surface area contributed by atoms with Crippen molar-refractivity contribution in [3.8, 4) is 10.6 Å². The molecular weight excluding hydrogens is 354 g/mol. The van der Waals surface area contributed by atoms with Gasteiger partial charge < -0.3 is 0 Å². The van der Waals surface area contributed by atoms with E-state index in [2.05, 4.69) is 69.1 Å². The molecule has 0 aliphatic heterocycles. The van der Waals surface area contributed by atoms with Gasteiger partial charge in [0.2, 0.25) is 11.0 Å². The van der Waals surface area contributed by atoms with Crippen LogP contribution in [0, 0.1) is 5.92 Å². The van der Waals surface area contributed by atoms with E-state index < -0.39 is 0 Å². The van der Waals surface area contributed by atoms with Crippen LogP contribution in [0.1, 0.15) is 72.3 Å². The van der Waals surface area contributed by atoms with Crippen LogP contribution in [-0.4, -0.2) is 22.1 Å². The summed E-state index contributed by atoms with van der Waals surface area (Å²) < 4.78 is 0. The van der Waals surface area contributed by atoms with E-state index in [-0.39, 0.29) is 23.3 Å². The first kappa shape index (κ1) is 20.0. The van der Waals surface area contributed by atoms with Crippen LogP contribution in [0.5, 0.6) is 0 Å². The molecule has 5 heteroatoms. The van der Waals surface area contributed by atoms with E-state index >= 15 is 0 Å². The van der Waals surface area contributed by atoms with Crippen LogP contribution in [0.2, 0.25) is 0 Å². The Morgan fingerprint density at radius 2 is 1.70 bits per heavy atom. The van der Waals surface area contributed by atoms with Crippen LogP contribution >= 0.6 is 11.3 Å². The molecule has 0 saturated heterocycles. The number of carbonyl (C=O) groups is 1. The van der Waals surface area contributed by atoms with E-state index in [4.69, 9.17) is 0 Å².